The summed E-state index contributed by atoms with van der Waals surface area (Å²) >= 11 is 0. The van der Waals surface area contributed by atoms with E-state index in [-0.39, 0.29) is 0 Å². The molecule has 0 aliphatic rings. The van der Waals surface area contributed by atoms with Crippen LogP contribution in [0.1, 0.15) is 0 Å². The molecule has 3 heteroatoms. The van der Waals surface area contributed by atoms with Crippen LogP contribution in [0.25, 0.3) is 0 Å². The van der Waals surface area contributed by atoms with Crippen molar-refractivity contribution in [3.05, 3.63) is 12.7 Å². The van der Waals surface area contributed by atoms with Gasteiger partial charge in [-0.3, -0.25) is 0 Å². The third-order valence-electron chi connectivity index (χ3n) is 0.455. The predicted octanol–water partition coefficient (Wildman–Crippen LogP) is 0.0649. The van der Waals surface area contributed by atoms with E-state index in [1.54, 1.807) is 6.07 Å². The SMILES string of the molecule is C=CC(C#N)O[N]. The first kappa shape index (κ1) is 6.15. The molecule has 0 rings (SSSR count). The fourth-order valence-corrected chi connectivity index (χ4v) is 0.119. The van der Waals surface area contributed by atoms with E-state index in [0.717, 1.165) is 0 Å². The quantitative estimate of drug-likeness (QED) is 0.360. The molecule has 0 spiro atoms. The van der Waals surface area contributed by atoms with Crippen LogP contribution in [0.4, 0.5) is 0 Å². The molecule has 0 aromatic heterocycles. The Morgan fingerprint density at radius 2 is 2.43 bits per heavy atom. The molecule has 0 fully saturated rings. The van der Waals surface area contributed by atoms with Gasteiger partial charge in [-0.2, -0.15) is 5.26 Å². The van der Waals surface area contributed by atoms with Crippen LogP contribution in [0.5, 0.6) is 0 Å². The minimum absolute atomic E-state index is 0.889. The van der Waals surface area contributed by atoms with Crippen LogP contribution in [0.2, 0.25) is 0 Å². The van der Waals surface area contributed by atoms with Crippen LogP contribution in [0.3, 0.4) is 0 Å². The molecule has 0 bridgehead atoms. The fraction of sp³-hybridized carbons (Fsp3) is 0.250. The topological polar surface area (TPSA) is 55.3 Å². The van der Waals surface area contributed by atoms with E-state index in [0.29, 0.717) is 0 Å². The molecular formula is C4H4N2O. The number of hydrogen-bond acceptors (Lipinski definition) is 2. The highest BCUT2D eigenvalue weighted by Gasteiger charge is 1.95. The zero-order valence-electron chi connectivity index (χ0n) is 3.66. The zero-order chi connectivity index (χ0) is 5.70. The molecule has 3 nitrogen and oxygen atoms in total. The highest BCUT2D eigenvalue weighted by atomic mass is 16.6. The fourth-order valence-electron chi connectivity index (χ4n) is 0.119. The first-order valence-corrected chi connectivity index (χ1v) is 1.67. The second kappa shape index (κ2) is 3.34. The average Bonchev–Trinajstić information content (AvgIpc) is 1.72. The van der Waals surface area contributed by atoms with Gasteiger partial charge in [-0.1, -0.05) is 6.58 Å². The maximum Gasteiger partial charge on any atom is 0.186 e. The maximum absolute atomic E-state index is 7.92. The van der Waals surface area contributed by atoms with Crippen molar-refractivity contribution in [2.45, 2.75) is 6.10 Å². The van der Waals surface area contributed by atoms with E-state index < -0.39 is 6.10 Å². The maximum atomic E-state index is 7.92. The molecule has 1 unspecified atom stereocenters. The van der Waals surface area contributed by atoms with Gasteiger partial charge in [0.25, 0.3) is 0 Å². The first-order valence-electron chi connectivity index (χ1n) is 1.67. The lowest BCUT2D eigenvalue weighted by molar-refractivity contribution is 0.103. The molecule has 36 valence electrons. The summed E-state index contributed by atoms with van der Waals surface area (Å²) in [5, 5.41) is 7.92. The number of nitriles is 1. The van der Waals surface area contributed by atoms with Crippen molar-refractivity contribution in [1.82, 2.24) is 5.90 Å². The molecule has 2 radical (unpaired) electrons. The lowest BCUT2D eigenvalue weighted by atomic mass is 10.4. The summed E-state index contributed by atoms with van der Waals surface area (Å²) in [5.41, 5.74) is 0. The second-order valence-electron chi connectivity index (χ2n) is 0.891. The molecule has 0 saturated carbocycles. The normalized spacial score (nSPS) is 12.0. The van der Waals surface area contributed by atoms with E-state index in [9.17, 15) is 0 Å². The van der Waals surface area contributed by atoms with Gasteiger partial charge in [0.15, 0.2) is 6.10 Å². The van der Waals surface area contributed by atoms with Gasteiger partial charge in [-0.05, 0) is 6.08 Å². The Labute approximate surface area is 41.9 Å². The standard InChI is InChI=1S/C4H4N2O/c1-2-4(3-5)7-6/h2,4H,1H2. The monoisotopic (exact) mass is 96.0 g/mol. The van der Waals surface area contributed by atoms with Crippen LogP contribution in [0, 0.1) is 11.3 Å². The molecule has 0 amide bonds. The Bertz CT molecular complexity index is 94.4. The van der Waals surface area contributed by atoms with Gasteiger partial charge >= 0.3 is 0 Å². The summed E-state index contributed by atoms with van der Waals surface area (Å²) < 4.78 is 0. The van der Waals surface area contributed by atoms with Crippen molar-refractivity contribution in [1.29, 1.82) is 5.26 Å². The van der Waals surface area contributed by atoms with Gasteiger partial charge in [0.2, 0.25) is 0 Å². The Hall–Kier alpha value is -0.850. The number of rotatable bonds is 2. The van der Waals surface area contributed by atoms with Crippen molar-refractivity contribution in [2.75, 3.05) is 0 Å². The van der Waals surface area contributed by atoms with E-state index in [4.69, 9.17) is 11.2 Å². The molecule has 0 saturated heterocycles. The Kier molecular flexibility index (Phi) is 2.94. The summed E-state index contributed by atoms with van der Waals surface area (Å²) in [6.07, 6.45) is 0.306. The van der Waals surface area contributed by atoms with Gasteiger partial charge in [-0.25, -0.2) is 4.84 Å². The summed E-state index contributed by atoms with van der Waals surface area (Å²) in [6, 6.07) is 1.61. The van der Waals surface area contributed by atoms with Gasteiger partial charge in [0.1, 0.15) is 6.07 Å². The van der Waals surface area contributed by atoms with Crippen molar-refractivity contribution < 1.29 is 4.84 Å². The largest absolute Gasteiger partial charge is 0.241 e. The molecule has 0 aromatic carbocycles. The zero-order valence-corrected chi connectivity index (χ0v) is 3.66. The van der Waals surface area contributed by atoms with Gasteiger partial charge < -0.3 is 0 Å². The lowest BCUT2D eigenvalue weighted by Gasteiger charge is -1.89. The lowest BCUT2D eigenvalue weighted by Crippen LogP contribution is -2.02. The van der Waals surface area contributed by atoms with Crippen LogP contribution in [-0.2, 0) is 4.84 Å². The van der Waals surface area contributed by atoms with Crippen LogP contribution >= 0.6 is 0 Å². The van der Waals surface area contributed by atoms with Crippen LogP contribution < -0.4 is 5.90 Å². The molecule has 0 aliphatic heterocycles. The third-order valence-corrected chi connectivity index (χ3v) is 0.455. The summed E-state index contributed by atoms with van der Waals surface area (Å²) in [6.45, 7) is 3.20. The Morgan fingerprint density at radius 1 is 1.86 bits per heavy atom. The predicted molar refractivity (Wildman–Crippen MR) is 22.8 cm³/mol. The Morgan fingerprint density at radius 3 is 2.43 bits per heavy atom. The Balaban J connectivity index is 3.43. The van der Waals surface area contributed by atoms with Crippen molar-refractivity contribution in [3.63, 3.8) is 0 Å². The van der Waals surface area contributed by atoms with Gasteiger partial charge in [-0.15, -0.1) is 0 Å². The van der Waals surface area contributed by atoms with E-state index in [2.05, 4.69) is 11.4 Å². The summed E-state index contributed by atoms with van der Waals surface area (Å²) in [4.78, 5) is 3.57. The van der Waals surface area contributed by atoms with E-state index in [1.807, 2.05) is 0 Å². The highest BCUT2D eigenvalue weighted by molar-refractivity contribution is 4.96. The van der Waals surface area contributed by atoms with Crippen molar-refractivity contribution >= 4 is 0 Å². The second-order valence-corrected chi connectivity index (χ2v) is 0.891. The van der Waals surface area contributed by atoms with Crippen LogP contribution in [0.15, 0.2) is 12.7 Å². The summed E-state index contributed by atoms with van der Waals surface area (Å²) in [5.74, 6) is 7.73. The summed E-state index contributed by atoms with van der Waals surface area (Å²) in [7, 11) is 0. The number of nitrogens with zero attached hydrogens (tertiary/aromatic N) is 2. The molecule has 0 aliphatic carbocycles. The molecule has 0 heterocycles. The van der Waals surface area contributed by atoms with E-state index >= 15 is 0 Å². The minimum Gasteiger partial charge on any atom is -0.241 e. The third kappa shape index (κ3) is 1.93. The minimum atomic E-state index is -0.889. The van der Waals surface area contributed by atoms with Crippen molar-refractivity contribution in [2.24, 2.45) is 0 Å². The van der Waals surface area contributed by atoms with E-state index in [1.165, 1.54) is 6.08 Å². The van der Waals surface area contributed by atoms with Crippen molar-refractivity contribution in [3.8, 4) is 6.07 Å². The van der Waals surface area contributed by atoms with Gasteiger partial charge in [0, 0.05) is 5.90 Å². The molecule has 1 atom stereocenters. The molecule has 0 aromatic rings. The first-order chi connectivity index (χ1) is 3.35. The van der Waals surface area contributed by atoms with Gasteiger partial charge in [0.05, 0.1) is 0 Å². The highest BCUT2D eigenvalue weighted by Crippen LogP contribution is 1.83. The van der Waals surface area contributed by atoms with Crippen LogP contribution in [-0.4, -0.2) is 6.10 Å². The molecular weight excluding hydrogens is 92.1 g/mol. The average molecular weight is 96.1 g/mol. The number of hydrogen-bond donors (Lipinski definition) is 0. The molecule has 7 heavy (non-hydrogen) atoms. The smallest absolute Gasteiger partial charge is 0.186 e. The molecule has 0 N–H and O–H groups in total.